The Bertz CT molecular complexity index is 2050. The number of aromatic nitrogens is 4. The van der Waals surface area contributed by atoms with Crippen LogP contribution in [-0.4, -0.2) is 67.8 Å². The number of nitrogens with zero attached hydrogens (tertiary/aromatic N) is 4. The van der Waals surface area contributed by atoms with Gasteiger partial charge in [-0.05, 0) is 116 Å². The predicted octanol–water partition coefficient (Wildman–Crippen LogP) is 6.09. The third kappa shape index (κ3) is 8.66. The van der Waals surface area contributed by atoms with Gasteiger partial charge in [0.1, 0.15) is 30.1 Å². The molecule has 13 heteroatoms. The zero-order valence-corrected chi connectivity index (χ0v) is 31.2. The van der Waals surface area contributed by atoms with Gasteiger partial charge in [0.05, 0.1) is 40.6 Å². The van der Waals surface area contributed by atoms with Crippen molar-refractivity contribution in [3.63, 3.8) is 0 Å². The third-order valence-corrected chi connectivity index (χ3v) is 10.3. The van der Waals surface area contributed by atoms with Gasteiger partial charge in [-0.25, -0.2) is 14.0 Å². The minimum Gasteiger partial charge on any atom is -0.488 e. The van der Waals surface area contributed by atoms with Crippen LogP contribution in [0, 0.1) is 11.8 Å². The van der Waals surface area contributed by atoms with Gasteiger partial charge in [-0.1, -0.05) is 18.2 Å². The molecule has 1 aromatic carbocycles. The number of carbonyl (C=O) groups is 3. The highest BCUT2D eigenvalue weighted by Gasteiger charge is 2.44. The molecule has 3 fully saturated rings. The molecule has 0 spiro atoms. The fourth-order valence-corrected chi connectivity index (χ4v) is 7.48. The van der Waals surface area contributed by atoms with Gasteiger partial charge in [0.25, 0.3) is 11.5 Å². The SMILES string of the molecule is CC(C)(C)OC(=O)NCC(=O)OC(C)(C)COc1ccc2c(C(=O)N[C@H]3CC[C@H](c4nn(C(C5CC5)C5CC5)c(=O)c5ccccc54)CC3)cnn2c1. The first-order valence-electron chi connectivity index (χ1n) is 18.9. The van der Waals surface area contributed by atoms with Gasteiger partial charge >= 0.3 is 12.1 Å². The van der Waals surface area contributed by atoms with Gasteiger partial charge in [-0.15, -0.1) is 0 Å². The summed E-state index contributed by atoms with van der Waals surface area (Å²) < 4.78 is 20.0. The van der Waals surface area contributed by atoms with Gasteiger partial charge in [-0.3, -0.25) is 14.4 Å². The van der Waals surface area contributed by atoms with Crippen LogP contribution in [0.1, 0.15) is 114 Å². The molecule has 0 atom stereocenters. The van der Waals surface area contributed by atoms with E-state index in [1.807, 2.05) is 28.9 Å². The van der Waals surface area contributed by atoms with Crippen molar-refractivity contribution in [2.24, 2.45) is 11.8 Å². The molecule has 0 unspecified atom stereocenters. The molecular formula is C40H50N6O7. The third-order valence-electron chi connectivity index (χ3n) is 10.3. The number of alkyl carbamates (subject to hydrolysis) is 1. The fourth-order valence-electron chi connectivity index (χ4n) is 7.48. The average Bonchev–Trinajstić information content (AvgIpc) is 4.06. The molecule has 13 nitrogen and oxygen atoms in total. The fraction of sp³-hybridized carbons (Fsp3) is 0.550. The number of nitrogens with one attached hydrogen (secondary N) is 2. The van der Waals surface area contributed by atoms with Gasteiger partial charge < -0.3 is 24.8 Å². The van der Waals surface area contributed by atoms with Crippen LogP contribution in [0.3, 0.4) is 0 Å². The van der Waals surface area contributed by atoms with Crippen LogP contribution in [0.25, 0.3) is 16.3 Å². The van der Waals surface area contributed by atoms with Crippen molar-refractivity contribution in [1.29, 1.82) is 0 Å². The lowest BCUT2D eigenvalue weighted by Gasteiger charge is -2.30. The molecule has 3 heterocycles. The number of esters is 1. The molecule has 2 amide bonds. The van der Waals surface area contributed by atoms with E-state index < -0.39 is 23.3 Å². The molecule has 2 N–H and O–H groups in total. The van der Waals surface area contributed by atoms with E-state index >= 15 is 0 Å². The molecule has 282 valence electrons. The van der Waals surface area contributed by atoms with Crippen LogP contribution in [0.2, 0.25) is 0 Å². The second-order valence-electron chi connectivity index (χ2n) is 16.5. The minimum absolute atomic E-state index is 0.0171. The number of rotatable bonds is 12. The number of fused-ring (bicyclic) bond motifs is 2. The van der Waals surface area contributed by atoms with Crippen molar-refractivity contribution < 1.29 is 28.6 Å². The maximum atomic E-state index is 13.7. The maximum absolute atomic E-state index is 13.7. The number of benzene rings is 1. The Morgan fingerprint density at radius 3 is 2.23 bits per heavy atom. The molecule has 3 saturated carbocycles. The summed E-state index contributed by atoms with van der Waals surface area (Å²) >= 11 is 0. The largest absolute Gasteiger partial charge is 0.488 e. The van der Waals surface area contributed by atoms with Crippen LogP contribution in [0.5, 0.6) is 5.75 Å². The molecule has 3 aliphatic carbocycles. The first kappa shape index (κ1) is 36.4. The highest BCUT2D eigenvalue weighted by atomic mass is 16.6. The van der Waals surface area contributed by atoms with Gasteiger partial charge in [0, 0.05) is 17.3 Å². The second-order valence-corrected chi connectivity index (χ2v) is 16.5. The molecule has 0 aliphatic heterocycles. The Morgan fingerprint density at radius 1 is 0.887 bits per heavy atom. The van der Waals surface area contributed by atoms with Crippen LogP contribution >= 0.6 is 0 Å². The standard InChI is InChI=1S/C40H50N6O7/c1-39(2,3)53-38(50)41-21-33(47)52-40(4,5)23-51-28-18-19-32-31(20-42-45(32)22-28)36(48)43-27-16-14-24(15-17-27)34-29-8-6-7-9-30(29)37(49)46(44-34)35(25-10-11-25)26-12-13-26/h6-9,18-20,22,24-27,35H,10-17,21,23H2,1-5H3,(H,41,50)(H,43,48)/t24-,27-. The van der Waals surface area contributed by atoms with E-state index in [1.54, 1.807) is 63.7 Å². The van der Waals surface area contributed by atoms with Crippen LogP contribution in [-0.2, 0) is 14.3 Å². The van der Waals surface area contributed by atoms with Crippen molar-refractivity contribution in [2.45, 2.75) is 115 Å². The maximum Gasteiger partial charge on any atom is 0.408 e. The van der Waals surface area contributed by atoms with Gasteiger partial charge in [0.15, 0.2) is 0 Å². The Balaban J connectivity index is 0.938. The van der Waals surface area contributed by atoms with E-state index in [0.717, 1.165) is 42.1 Å². The van der Waals surface area contributed by atoms with E-state index in [0.29, 0.717) is 28.7 Å². The molecule has 53 heavy (non-hydrogen) atoms. The summed E-state index contributed by atoms with van der Waals surface area (Å²) in [6.07, 6.45) is 10.6. The Hall–Kier alpha value is -4.94. The summed E-state index contributed by atoms with van der Waals surface area (Å²) in [5, 5.41) is 16.9. The predicted molar refractivity (Wildman–Crippen MR) is 198 cm³/mol. The van der Waals surface area contributed by atoms with E-state index in [4.69, 9.17) is 19.3 Å². The summed E-state index contributed by atoms with van der Waals surface area (Å²) in [5.74, 6) is 1.03. The van der Waals surface area contributed by atoms with Gasteiger partial charge in [0.2, 0.25) is 0 Å². The first-order valence-corrected chi connectivity index (χ1v) is 18.9. The van der Waals surface area contributed by atoms with E-state index in [2.05, 4.69) is 15.7 Å². The number of amides is 2. The molecule has 0 radical (unpaired) electrons. The summed E-state index contributed by atoms with van der Waals surface area (Å²) in [4.78, 5) is 51.3. The number of carbonyl (C=O) groups excluding carboxylic acids is 3. The lowest BCUT2D eigenvalue weighted by Crippen LogP contribution is -2.40. The number of hydrogen-bond acceptors (Lipinski definition) is 9. The summed E-state index contributed by atoms with van der Waals surface area (Å²) in [6.45, 7) is 8.32. The van der Waals surface area contributed by atoms with E-state index in [-0.39, 0.29) is 42.6 Å². The summed E-state index contributed by atoms with van der Waals surface area (Å²) in [5.41, 5.74) is 0.501. The van der Waals surface area contributed by atoms with Gasteiger partial charge in [-0.2, -0.15) is 10.2 Å². The quantitative estimate of drug-likeness (QED) is 0.165. The molecule has 3 aliphatic rings. The van der Waals surface area contributed by atoms with Crippen LogP contribution in [0.15, 0.2) is 53.6 Å². The Morgan fingerprint density at radius 2 is 1.57 bits per heavy atom. The molecule has 4 aromatic rings. The number of ether oxygens (including phenoxy) is 3. The number of hydrogen-bond donors (Lipinski definition) is 2. The molecule has 0 saturated heterocycles. The van der Waals surface area contributed by atoms with E-state index in [1.165, 1.54) is 25.7 Å². The highest BCUT2D eigenvalue weighted by Crippen LogP contribution is 2.51. The summed E-state index contributed by atoms with van der Waals surface area (Å²) in [7, 11) is 0. The number of pyridine rings is 1. The lowest BCUT2D eigenvalue weighted by atomic mass is 9.82. The minimum atomic E-state index is -0.991. The zero-order chi connectivity index (χ0) is 37.5. The monoisotopic (exact) mass is 726 g/mol. The lowest BCUT2D eigenvalue weighted by molar-refractivity contribution is -0.157. The van der Waals surface area contributed by atoms with Crippen molar-refractivity contribution in [2.75, 3.05) is 13.2 Å². The molecule has 3 aromatic heterocycles. The van der Waals surface area contributed by atoms with Crippen molar-refractivity contribution in [3.05, 3.63) is 70.4 Å². The van der Waals surface area contributed by atoms with Crippen LogP contribution < -0.4 is 20.9 Å². The van der Waals surface area contributed by atoms with Crippen LogP contribution in [0.4, 0.5) is 4.79 Å². The average molecular weight is 727 g/mol. The molecular weight excluding hydrogens is 676 g/mol. The topological polar surface area (TPSA) is 155 Å². The normalized spacial score (nSPS) is 19.3. The molecule has 0 bridgehead atoms. The summed E-state index contributed by atoms with van der Waals surface area (Å²) in [6, 6.07) is 11.7. The Kier molecular flexibility index (Phi) is 9.94. The van der Waals surface area contributed by atoms with Crippen molar-refractivity contribution >= 4 is 34.3 Å². The van der Waals surface area contributed by atoms with E-state index in [9.17, 15) is 19.2 Å². The zero-order valence-electron chi connectivity index (χ0n) is 31.2. The van der Waals surface area contributed by atoms with Crippen molar-refractivity contribution in [3.8, 4) is 5.75 Å². The first-order chi connectivity index (χ1) is 25.2. The smallest absolute Gasteiger partial charge is 0.408 e. The molecule has 7 rings (SSSR count). The van der Waals surface area contributed by atoms with Crippen molar-refractivity contribution in [1.82, 2.24) is 30.0 Å². The highest BCUT2D eigenvalue weighted by molar-refractivity contribution is 6.00. The Labute approximate surface area is 308 Å². The second kappa shape index (κ2) is 14.5.